The average molecular weight is 418 g/mol. The van der Waals surface area contributed by atoms with E-state index in [9.17, 15) is 22.8 Å². The highest BCUT2D eigenvalue weighted by Gasteiger charge is 2.27. The number of nitrogens with zero attached hydrogens (tertiary/aromatic N) is 2. The van der Waals surface area contributed by atoms with Gasteiger partial charge in [0.05, 0.1) is 24.4 Å². The van der Waals surface area contributed by atoms with Gasteiger partial charge in [-0.15, -0.1) is 0 Å². The second kappa shape index (κ2) is 8.56. The Kier molecular flexibility index (Phi) is 6.09. The first-order valence-electron chi connectivity index (χ1n) is 9.27. The first-order chi connectivity index (χ1) is 14.1. The van der Waals surface area contributed by atoms with Crippen LogP contribution in [0.1, 0.15) is 16.8 Å². The van der Waals surface area contributed by atoms with Crippen molar-refractivity contribution in [3.8, 4) is 11.3 Å². The van der Waals surface area contributed by atoms with Crippen LogP contribution in [0.3, 0.4) is 0 Å². The molecule has 0 bridgehead atoms. The van der Waals surface area contributed by atoms with Crippen LogP contribution >= 0.6 is 0 Å². The quantitative estimate of drug-likeness (QED) is 0.646. The zero-order valence-electron chi connectivity index (χ0n) is 16.5. The summed E-state index contributed by atoms with van der Waals surface area (Å²) in [5.41, 5.74) is 4.84. The molecule has 0 aliphatic heterocycles. The minimum atomic E-state index is -4.50. The van der Waals surface area contributed by atoms with Crippen molar-refractivity contribution in [1.29, 1.82) is 0 Å². The molecule has 0 atom stereocenters. The maximum Gasteiger partial charge on any atom is 0.405 e. The number of alkyl halides is 3. The van der Waals surface area contributed by atoms with E-state index in [0.717, 1.165) is 16.7 Å². The molecule has 1 aromatic carbocycles. The molecule has 0 saturated carbocycles. The Morgan fingerprint density at radius 1 is 0.967 bits per heavy atom. The molecule has 0 fully saturated rings. The van der Waals surface area contributed by atoms with Crippen LogP contribution in [-0.2, 0) is 16.0 Å². The number of aromatic nitrogens is 2. The van der Waals surface area contributed by atoms with Crippen molar-refractivity contribution in [2.45, 2.75) is 26.4 Å². The molecule has 0 unspecified atom stereocenters. The van der Waals surface area contributed by atoms with Crippen molar-refractivity contribution in [2.24, 2.45) is 0 Å². The maximum absolute atomic E-state index is 12.4. The lowest BCUT2D eigenvalue weighted by Gasteiger charge is -2.10. The molecule has 158 valence electrons. The number of nitrogens with one attached hydrogen (secondary N) is 2. The molecular formula is C21H21F3N4O2. The number of rotatable bonds is 6. The smallest absolute Gasteiger partial charge is 0.347 e. The Hall–Kier alpha value is -3.36. The van der Waals surface area contributed by atoms with E-state index in [1.165, 1.54) is 0 Å². The van der Waals surface area contributed by atoms with Gasteiger partial charge in [-0.2, -0.15) is 13.2 Å². The van der Waals surface area contributed by atoms with E-state index in [-0.39, 0.29) is 6.42 Å². The van der Waals surface area contributed by atoms with Crippen LogP contribution < -0.4 is 10.6 Å². The fourth-order valence-electron chi connectivity index (χ4n) is 2.97. The third-order valence-corrected chi connectivity index (χ3v) is 4.45. The predicted molar refractivity (Wildman–Crippen MR) is 106 cm³/mol. The molecule has 0 aliphatic carbocycles. The van der Waals surface area contributed by atoms with Crippen LogP contribution in [0, 0.1) is 13.8 Å². The Morgan fingerprint density at radius 3 is 2.30 bits per heavy atom. The number of halogens is 3. The highest BCUT2D eigenvalue weighted by molar-refractivity contribution is 5.86. The number of carbonyl (C=O) groups excluding carboxylic acids is 2. The summed E-state index contributed by atoms with van der Waals surface area (Å²) in [6.45, 7) is 1.91. The number of aryl methyl sites for hydroxylation is 2. The van der Waals surface area contributed by atoms with E-state index in [1.54, 1.807) is 5.32 Å². The Balaban J connectivity index is 1.79. The second-order valence-electron chi connectivity index (χ2n) is 7.05. The van der Waals surface area contributed by atoms with Crippen molar-refractivity contribution in [3.05, 3.63) is 59.4 Å². The molecular weight excluding hydrogens is 397 g/mol. The predicted octanol–water partition coefficient (Wildman–Crippen LogP) is 2.96. The maximum atomic E-state index is 12.4. The zero-order chi connectivity index (χ0) is 21.9. The van der Waals surface area contributed by atoms with Gasteiger partial charge in [-0.1, -0.05) is 35.9 Å². The van der Waals surface area contributed by atoms with E-state index in [4.69, 9.17) is 0 Å². The molecule has 0 radical (unpaired) electrons. The summed E-state index contributed by atoms with van der Waals surface area (Å²) in [4.78, 5) is 28.6. The summed E-state index contributed by atoms with van der Waals surface area (Å²) in [6.07, 6.45) is -2.73. The molecule has 9 heteroatoms. The van der Waals surface area contributed by atoms with E-state index >= 15 is 0 Å². The largest absolute Gasteiger partial charge is 0.405 e. The molecule has 6 nitrogen and oxygen atoms in total. The van der Waals surface area contributed by atoms with E-state index in [0.29, 0.717) is 17.0 Å². The van der Waals surface area contributed by atoms with Gasteiger partial charge < -0.3 is 15.0 Å². The zero-order valence-corrected chi connectivity index (χ0v) is 16.5. The number of carbonyl (C=O) groups is 2. The summed E-state index contributed by atoms with van der Waals surface area (Å²) in [7, 11) is 0. The van der Waals surface area contributed by atoms with Gasteiger partial charge in [0.2, 0.25) is 11.8 Å². The first kappa shape index (κ1) is 21.4. The van der Waals surface area contributed by atoms with Gasteiger partial charge in [0.1, 0.15) is 12.2 Å². The van der Waals surface area contributed by atoms with Crippen LogP contribution in [0.15, 0.2) is 42.6 Å². The Bertz CT molecular complexity index is 1070. The molecule has 0 saturated heterocycles. The number of fused-ring (bicyclic) bond motifs is 1. The van der Waals surface area contributed by atoms with Crippen molar-refractivity contribution in [2.75, 3.05) is 13.1 Å². The fraction of sp³-hybridized carbons (Fsp3) is 0.286. The van der Waals surface area contributed by atoms with Gasteiger partial charge in [-0.05, 0) is 25.5 Å². The Morgan fingerprint density at radius 2 is 1.63 bits per heavy atom. The molecule has 30 heavy (non-hydrogen) atoms. The summed E-state index contributed by atoms with van der Waals surface area (Å²) >= 11 is 0. The van der Waals surface area contributed by atoms with Crippen LogP contribution in [0.5, 0.6) is 0 Å². The topological polar surface area (TPSA) is 75.5 Å². The lowest BCUT2D eigenvalue weighted by Crippen LogP contribution is -2.41. The van der Waals surface area contributed by atoms with Crippen molar-refractivity contribution in [3.63, 3.8) is 0 Å². The number of pyridine rings is 1. The van der Waals surface area contributed by atoms with Gasteiger partial charge in [0.25, 0.3) is 0 Å². The summed E-state index contributed by atoms with van der Waals surface area (Å²) in [5.74, 6) is -1.40. The lowest BCUT2D eigenvalue weighted by molar-refractivity contribution is -0.138. The van der Waals surface area contributed by atoms with Crippen molar-refractivity contribution in [1.82, 2.24) is 20.0 Å². The van der Waals surface area contributed by atoms with Crippen molar-refractivity contribution >= 4 is 17.5 Å². The van der Waals surface area contributed by atoms with Crippen LogP contribution in [0.4, 0.5) is 13.2 Å². The molecule has 3 aromatic rings. The van der Waals surface area contributed by atoms with E-state index in [2.05, 4.69) is 10.3 Å². The monoisotopic (exact) mass is 418 g/mol. The molecule has 2 aromatic heterocycles. The van der Waals surface area contributed by atoms with Gasteiger partial charge >= 0.3 is 6.18 Å². The minimum Gasteiger partial charge on any atom is -0.347 e. The number of imidazole rings is 1. The van der Waals surface area contributed by atoms with Gasteiger partial charge in [0.15, 0.2) is 0 Å². The molecule has 3 rings (SSSR count). The minimum absolute atomic E-state index is 0.0830. The van der Waals surface area contributed by atoms with Crippen LogP contribution in [0.25, 0.3) is 16.9 Å². The number of benzene rings is 1. The molecule has 0 spiro atoms. The van der Waals surface area contributed by atoms with Gasteiger partial charge in [-0.25, -0.2) is 4.98 Å². The lowest BCUT2D eigenvalue weighted by atomic mass is 10.1. The number of hydrogen-bond acceptors (Lipinski definition) is 3. The molecule has 2 N–H and O–H groups in total. The van der Waals surface area contributed by atoms with Gasteiger partial charge in [0, 0.05) is 11.8 Å². The van der Waals surface area contributed by atoms with E-state index < -0.39 is 31.1 Å². The third-order valence-electron chi connectivity index (χ3n) is 4.45. The van der Waals surface area contributed by atoms with E-state index in [1.807, 2.05) is 60.8 Å². The highest BCUT2D eigenvalue weighted by Crippen LogP contribution is 2.26. The molecule has 2 heterocycles. The highest BCUT2D eigenvalue weighted by atomic mass is 19.4. The fourth-order valence-corrected chi connectivity index (χ4v) is 2.97. The normalized spacial score (nSPS) is 11.5. The number of amides is 2. The van der Waals surface area contributed by atoms with Crippen LogP contribution in [-0.4, -0.2) is 40.5 Å². The molecule has 0 aliphatic rings. The second-order valence-corrected chi connectivity index (χ2v) is 7.05. The summed E-state index contributed by atoms with van der Waals surface area (Å²) in [6, 6.07) is 11.5. The van der Waals surface area contributed by atoms with Crippen LogP contribution in [0.2, 0.25) is 0 Å². The first-order valence-corrected chi connectivity index (χ1v) is 9.27. The van der Waals surface area contributed by atoms with Crippen molar-refractivity contribution < 1.29 is 22.8 Å². The SMILES string of the molecule is Cc1ccc(-c2nc3ccc(C)cn3c2CC(=O)NCC(=O)NCC(F)(F)F)cc1. The molecule has 2 amide bonds. The third kappa shape index (κ3) is 5.37. The average Bonchev–Trinajstić information content (AvgIpc) is 3.02. The summed E-state index contributed by atoms with van der Waals surface area (Å²) in [5, 5.41) is 4.08. The van der Waals surface area contributed by atoms with Gasteiger partial charge in [-0.3, -0.25) is 9.59 Å². The number of hydrogen-bond donors (Lipinski definition) is 2. The Labute approximate surface area is 171 Å². The standard InChI is InChI=1S/C21H21F3N4O2/c1-13-3-6-15(7-4-13)20-16(28-11-14(2)5-8-17(28)27-20)9-18(29)25-10-19(30)26-12-21(22,23)24/h3-8,11H,9-10,12H2,1-2H3,(H,25,29)(H,26,30). The summed E-state index contributed by atoms with van der Waals surface area (Å²) < 4.78 is 38.3.